The summed E-state index contributed by atoms with van der Waals surface area (Å²) in [6.07, 6.45) is 4.01. The lowest BCUT2D eigenvalue weighted by atomic mass is 10.2. The predicted octanol–water partition coefficient (Wildman–Crippen LogP) is 1.60. The Morgan fingerprint density at radius 1 is 1.33 bits per heavy atom. The van der Waals surface area contributed by atoms with Crippen molar-refractivity contribution in [2.75, 3.05) is 40.3 Å². The summed E-state index contributed by atoms with van der Waals surface area (Å²) >= 11 is 0. The highest BCUT2D eigenvalue weighted by Crippen LogP contribution is 2.26. The number of fused-ring (bicyclic) bond motifs is 1. The molecule has 7 heteroatoms. The van der Waals surface area contributed by atoms with E-state index < -0.39 is 0 Å². The molecular formula is C20H28N6O. The van der Waals surface area contributed by atoms with Crippen LogP contribution >= 0.6 is 0 Å². The molecule has 1 aliphatic rings. The number of H-pyrrole nitrogens is 1. The molecule has 1 aromatic carbocycles. The van der Waals surface area contributed by atoms with Gasteiger partial charge in [0, 0.05) is 48.2 Å². The first-order chi connectivity index (χ1) is 13.2. The minimum atomic E-state index is 0.0624. The number of rotatable bonds is 7. The van der Waals surface area contributed by atoms with E-state index in [4.69, 9.17) is 4.98 Å². The molecule has 0 spiro atoms. The van der Waals surface area contributed by atoms with Gasteiger partial charge in [0.15, 0.2) is 5.82 Å². The number of para-hydroxylation sites is 1. The number of likely N-dealkylation sites (N-methyl/N-ethyl adjacent to an activating group) is 2. The lowest BCUT2D eigenvalue weighted by Crippen LogP contribution is -2.35. The molecule has 27 heavy (non-hydrogen) atoms. The Bertz CT molecular complexity index is 901. The van der Waals surface area contributed by atoms with E-state index in [0.29, 0.717) is 12.6 Å². The number of nitrogens with one attached hydrogen (secondary N) is 1. The number of hydrogen-bond acceptors (Lipinski definition) is 5. The Kier molecular flexibility index (Phi) is 5.24. The van der Waals surface area contributed by atoms with Gasteiger partial charge in [0.05, 0.1) is 13.2 Å². The second-order valence-corrected chi connectivity index (χ2v) is 7.48. The summed E-state index contributed by atoms with van der Waals surface area (Å²) < 4.78 is 1.85. The average Bonchev–Trinajstić information content (AvgIpc) is 3.38. The highest BCUT2D eigenvalue weighted by atomic mass is 16.3. The average molecular weight is 368 g/mol. The summed E-state index contributed by atoms with van der Waals surface area (Å²) in [5, 5.41) is 15.2. The molecule has 1 saturated heterocycles. The van der Waals surface area contributed by atoms with Gasteiger partial charge in [0.2, 0.25) is 0 Å². The first-order valence-electron chi connectivity index (χ1n) is 9.65. The number of aromatic amines is 1. The molecule has 0 radical (unpaired) electrons. The standard InChI is InChI=1S/C20H28N6O/c1-24-9-7-15(14-24)25(2)10-8-19-22-20(23-26(19)11-12-27)17-13-21-18-6-4-3-5-16(17)18/h3-6,13,15,21,27H,7-12,14H2,1-2H3. The molecule has 1 aliphatic heterocycles. The predicted molar refractivity (Wildman–Crippen MR) is 107 cm³/mol. The third kappa shape index (κ3) is 3.76. The molecule has 3 aromatic rings. The van der Waals surface area contributed by atoms with E-state index in [-0.39, 0.29) is 6.61 Å². The zero-order chi connectivity index (χ0) is 18.8. The zero-order valence-electron chi connectivity index (χ0n) is 16.1. The summed E-state index contributed by atoms with van der Waals surface area (Å²) in [5.41, 5.74) is 2.09. The minimum Gasteiger partial charge on any atom is -0.394 e. The van der Waals surface area contributed by atoms with E-state index >= 15 is 0 Å². The Labute approximate surface area is 159 Å². The molecule has 1 unspecified atom stereocenters. The topological polar surface area (TPSA) is 73.2 Å². The van der Waals surface area contributed by atoms with Crippen LogP contribution in [0, 0.1) is 0 Å². The van der Waals surface area contributed by atoms with Gasteiger partial charge in [-0.25, -0.2) is 9.67 Å². The molecule has 0 bridgehead atoms. The fourth-order valence-corrected chi connectivity index (χ4v) is 3.93. The number of nitrogens with zero attached hydrogens (tertiary/aromatic N) is 5. The van der Waals surface area contributed by atoms with Gasteiger partial charge in [-0.1, -0.05) is 18.2 Å². The summed E-state index contributed by atoms with van der Waals surface area (Å²) in [6.45, 7) is 3.77. The van der Waals surface area contributed by atoms with E-state index in [9.17, 15) is 5.11 Å². The number of hydrogen-bond donors (Lipinski definition) is 2. The van der Waals surface area contributed by atoms with Crippen LogP contribution in [-0.4, -0.2) is 81.0 Å². The van der Waals surface area contributed by atoms with Gasteiger partial charge in [-0.3, -0.25) is 0 Å². The maximum atomic E-state index is 9.42. The Morgan fingerprint density at radius 3 is 2.96 bits per heavy atom. The first-order valence-corrected chi connectivity index (χ1v) is 9.65. The van der Waals surface area contributed by atoms with Crippen LogP contribution in [-0.2, 0) is 13.0 Å². The molecule has 0 saturated carbocycles. The van der Waals surface area contributed by atoms with E-state index in [1.165, 1.54) is 13.0 Å². The Morgan fingerprint density at radius 2 is 2.19 bits per heavy atom. The maximum Gasteiger partial charge on any atom is 0.183 e. The van der Waals surface area contributed by atoms with Gasteiger partial charge >= 0.3 is 0 Å². The zero-order valence-corrected chi connectivity index (χ0v) is 16.1. The normalized spacial score (nSPS) is 18.1. The van der Waals surface area contributed by atoms with E-state index in [2.05, 4.69) is 46.1 Å². The van der Waals surface area contributed by atoms with Crippen LogP contribution in [0.1, 0.15) is 12.2 Å². The number of aliphatic hydroxyl groups excluding tert-OH is 1. The van der Waals surface area contributed by atoms with Gasteiger partial charge in [-0.2, -0.15) is 5.10 Å². The SMILES string of the molecule is CN1CCC(N(C)CCc2nc(-c3c[nH]c4ccccc34)nn2CCO)C1. The summed E-state index contributed by atoms with van der Waals surface area (Å²) in [4.78, 5) is 12.9. The number of likely N-dealkylation sites (tertiary alicyclic amines) is 1. The van der Waals surface area contributed by atoms with Crippen LogP contribution in [0.3, 0.4) is 0 Å². The smallest absolute Gasteiger partial charge is 0.183 e. The van der Waals surface area contributed by atoms with Crippen LogP contribution in [0.4, 0.5) is 0 Å². The van der Waals surface area contributed by atoms with Gasteiger partial charge in [0.25, 0.3) is 0 Å². The third-order valence-corrected chi connectivity index (χ3v) is 5.57. The molecular weight excluding hydrogens is 340 g/mol. The Balaban J connectivity index is 1.54. The van der Waals surface area contributed by atoms with E-state index in [1.807, 2.05) is 23.0 Å². The van der Waals surface area contributed by atoms with Crippen molar-refractivity contribution in [3.8, 4) is 11.4 Å². The number of aromatic nitrogens is 4. The molecule has 1 atom stereocenters. The van der Waals surface area contributed by atoms with Crippen molar-refractivity contribution in [2.24, 2.45) is 0 Å². The number of benzene rings is 1. The van der Waals surface area contributed by atoms with Crippen LogP contribution in [0.5, 0.6) is 0 Å². The molecule has 0 aliphatic carbocycles. The molecule has 2 aromatic heterocycles. The van der Waals surface area contributed by atoms with Gasteiger partial charge in [-0.05, 0) is 33.1 Å². The third-order valence-electron chi connectivity index (χ3n) is 5.57. The fraction of sp³-hybridized carbons (Fsp3) is 0.500. The quantitative estimate of drug-likeness (QED) is 0.663. The Hall–Kier alpha value is -2.22. The van der Waals surface area contributed by atoms with Crippen molar-refractivity contribution in [1.82, 2.24) is 29.5 Å². The van der Waals surface area contributed by atoms with Crippen molar-refractivity contribution < 1.29 is 5.11 Å². The van der Waals surface area contributed by atoms with Crippen molar-refractivity contribution in [1.29, 1.82) is 0 Å². The second-order valence-electron chi connectivity index (χ2n) is 7.48. The molecule has 7 nitrogen and oxygen atoms in total. The first kappa shape index (κ1) is 18.2. The molecule has 144 valence electrons. The lowest BCUT2D eigenvalue weighted by molar-refractivity contribution is 0.238. The largest absolute Gasteiger partial charge is 0.394 e. The van der Waals surface area contributed by atoms with Crippen molar-refractivity contribution in [2.45, 2.75) is 25.4 Å². The maximum absolute atomic E-state index is 9.42. The van der Waals surface area contributed by atoms with Crippen LogP contribution < -0.4 is 0 Å². The molecule has 0 amide bonds. The van der Waals surface area contributed by atoms with Crippen LogP contribution in [0.25, 0.3) is 22.3 Å². The highest BCUT2D eigenvalue weighted by Gasteiger charge is 2.23. The van der Waals surface area contributed by atoms with E-state index in [1.54, 1.807) is 0 Å². The highest BCUT2D eigenvalue weighted by molar-refractivity contribution is 5.93. The summed E-state index contributed by atoms with van der Waals surface area (Å²) in [5.74, 6) is 1.65. The van der Waals surface area contributed by atoms with Gasteiger partial charge < -0.3 is 19.9 Å². The minimum absolute atomic E-state index is 0.0624. The number of aliphatic hydroxyl groups is 1. The second kappa shape index (κ2) is 7.80. The fourth-order valence-electron chi connectivity index (χ4n) is 3.93. The summed E-state index contributed by atoms with van der Waals surface area (Å²) in [7, 11) is 4.37. The van der Waals surface area contributed by atoms with Gasteiger partial charge in [-0.15, -0.1) is 0 Å². The monoisotopic (exact) mass is 368 g/mol. The van der Waals surface area contributed by atoms with Crippen molar-refractivity contribution in [3.63, 3.8) is 0 Å². The molecule has 3 heterocycles. The summed E-state index contributed by atoms with van der Waals surface area (Å²) in [6, 6.07) is 8.79. The molecule has 4 rings (SSSR count). The van der Waals surface area contributed by atoms with Gasteiger partial charge in [0.1, 0.15) is 5.82 Å². The van der Waals surface area contributed by atoms with Crippen LogP contribution in [0.2, 0.25) is 0 Å². The molecule has 2 N–H and O–H groups in total. The van der Waals surface area contributed by atoms with Crippen molar-refractivity contribution >= 4 is 10.9 Å². The van der Waals surface area contributed by atoms with Crippen LogP contribution in [0.15, 0.2) is 30.5 Å². The lowest BCUT2D eigenvalue weighted by Gasteiger charge is -2.23. The van der Waals surface area contributed by atoms with E-state index in [0.717, 1.165) is 47.6 Å². The van der Waals surface area contributed by atoms with Crippen molar-refractivity contribution in [3.05, 3.63) is 36.3 Å². The molecule has 1 fully saturated rings.